The molecule has 0 bridgehead atoms. The molecule has 1 aliphatic carbocycles. The van der Waals surface area contributed by atoms with Gasteiger partial charge in [0.15, 0.2) is 0 Å². The first-order valence-corrected chi connectivity index (χ1v) is 6.07. The molecule has 1 aromatic heterocycles. The normalized spacial score (nSPS) is 14.3. The number of carbonyl (C=O) groups excluding carboxylic acids is 2. The van der Waals surface area contributed by atoms with Gasteiger partial charge in [-0.1, -0.05) is 0 Å². The Morgan fingerprint density at radius 1 is 1.56 bits per heavy atom. The van der Waals surface area contributed by atoms with Gasteiger partial charge in [0.1, 0.15) is 6.54 Å². The van der Waals surface area contributed by atoms with E-state index in [4.69, 9.17) is 4.74 Å². The Balaban J connectivity index is 1.93. The molecule has 1 aromatic rings. The average Bonchev–Trinajstić information content (AvgIpc) is 3.09. The maximum atomic E-state index is 11.8. The second kappa shape index (κ2) is 5.20. The molecule has 1 aliphatic rings. The van der Waals surface area contributed by atoms with E-state index < -0.39 is 5.97 Å². The van der Waals surface area contributed by atoms with Crippen molar-refractivity contribution in [2.24, 2.45) is 0 Å². The van der Waals surface area contributed by atoms with Gasteiger partial charge in [-0.15, -0.1) is 0 Å². The molecule has 0 saturated heterocycles. The predicted molar refractivity (Wildman–Crippen MR) is 64.0 cm³/mol. The van der Waals surface area contributed by atoms with Crippen LogP contribution in [0, 0.1) is 0 Å². The van der Waals surface area contributed by atoms with Gasteiger partial charge in [-0.05, 0) is 19.8 Å². The van der Waals surface area contributed by atoms with Crippen molar-refractivity contribution in [2.75, 3.05) is 13.7 Å². The van der Waals surface area contributed by atoms with E-state index in [2.05, 4.69) is 5.10 Å². The van der Waals surface area contributed by atoms with E-state index >= 15 is 0 Å². The van der Waals surface area contributed by atoms with Crippen LogP contribution in [0.15, 0.2) is 12.4 Å². The van der Waals surface area contributed by atoms with Gasteiger partial charge in [-0.2, -0.15) is 5.10 Å². The fraction of sp³-hybridized carbons (Fsp3) is 0.583. The second-order valence-corrected chi connectivity index (χ2v) is 4.38. The molecule has 0 aromatic carbocycles. The van der Waals surface area contributed by atoms with Gasteiger partial charge < -0.3 is 9.64 Å². The lowest BCUT2D eigenvalue weighted by molar-refractivity contribution is -0.131. The lowest BCUT2D eigenvalue weighted by Gasteiger charge is -2.15. The van der Waals surface area contributed by atoms with E-state index in [1.807, 2.05) is 0 Å². The summed E-state index contributed by atoms with van der Waals surface area (Å²) in [5.41, 5.74) is 0.374. The third-order valence-corrected chi connectivity index (χ3v) is 2.93. The number of hydrogen-bond acceptors (Lipinski definition) is 4. The zero-order valence-corrected chi connectivity index (χ0v) is 10.6. The summed E-state index contributed by atoms with van der Waals surface area (Å²) in [6.07, 6.45) is 5.11. The zero-order chi connectivity index (χ0) is 13.1. The van der Waals surface area contributed by atoms with Gasteiger partial charge >= 0.3 is 5.97 Å². The molecular formula is C12H17N3O3. The van der Waals surface area contributed by atoms with Crippen LogP contribution in [-0.2, 0) is 16.1 Å². The first kappa shape index (κ1) is 12.6. The molecule has 6 heteroatoms. The lowest BCUT2D eigenvalue weighted by Crippen LogP contribution is -2.32. The molecule has 2 rings (SSSR count). The molecular weight excluding hydrogens is 234 g/mol. The number of carbonyl (C=O) groups is 2. The van der Waals surface area contributed by atoms with E-state index in [1.165, 1.54) is 17.1 Å². The van der Waals surface area contributed by atoms with E-state index in [1.54, 1.807) is 18.9 Å². The SMILES string of the molecule is CCOC(=O)c1cnn(CC(=O)N(C)C2CC2)c1. The quantitative estimate of drug-likeness (QED) is 0.722. The van der Waals surface area contributed by atoms with Crippen molar-refractivity contribution in [1.82, 2.24) is 14.7 Å². The van der Waals surface area contributed by atoms with Crippen molar-refractivity contribution in [1.29, 1.82) is 0 Å². The first-order valence-electron chi connectivity index (χ1n) is 6.07. The van der Waals surface area contributed by atoms with Crippen LogP contribution in [0.4, 0.5) is 0 Å². The largest absolute Gasteiger partial charge is 0.462 e. The van der Waals surface area contributed by atoms with E-state index in [0.717, 1.165) is 12.8 Å². The van der Waals surface area contributed by atoms with Crippen molar-refractivity contribution in [3.8, 4) is 0 Å². The van der Waals surface area contributed by atoms with Gasteiger partial charge in [0.05, 0.1) is 18.4 Å². The Bertz CT molecular complexity index is 451. The Hall–Kier alpha value is -1.85. The van der Waals surface area contributed by atoms with Crippen LogP contribution >= 0.6 is 0 Å². The highest BCUT2D eigenvalue weighted by Crippen LogP contribution is 2.25. The van der Waals surface area contributed by atoms with Gasteiger partial charge in [-0.3, -0.25) is 9.48 Å². The smallest absolute Gasteiger partial charge is 0.341 e. The fourth-order valence-corrected chi connectivity index (χ4v) is 1.69. The number of amides is 1. The predicted octanol–water partition coefficient (Wildman–Crippen LogP) is 0.681. The number of aromatic nitrogens is 2. The molecule has 1 heterocycles. The average molecular weight is 251 g/mol. The minimum atomic E-state index is -0.410. The summed E-state index contributed by atoms with van der Waals surface area (Å²) >= 11 is 0. The summed E-state index contributed by atoms with van der Waals surface area (Å²) in [7, 11) is 1.80. The first-order chi connectivity index (χ1) is 8.61. The van der Waals surface area contributed by atoms with Crippen molar-refractivity contribution < 1.29 is 14.3 Å². The van der Waals surface area contributed by atoms with Crippen LogP contribution in [-0.4, -0.2) is 46.3 Å². The molecule has 1 fully saturated rings. The van der Waals surface area contributed by atoms with Crippen LogP contribution in [0.3, 0.4) is 0 Å². The number of nitrogens with zero attached hydrogens (tertiary/aromatic N) is 3. The number of esters is 1. The topological polar surface area (TPSA) is 64.4 Å². The highest BCUT2D eigenvalue weighted by atomic mass is 16.5. The van der Waals surface area contributed by atoms with Gasteiger partial charge in [0.2, 0.25) is 5.91 Å². The highest BCUT2D eigenvalue weighted by Gasteiger charge is 2.29. The molecule has 0 unspecified atom stereocenters. The number of rotatable bonds is 5. The van der Waals surface area contributed by atoms with Crippen molar-refractivity contribution in [3.05, 3.63) is 18.0 Å². The molecule has 0 N–H and O–H groups in total. The van der Waals surface area contributed by atoms with Crippen molar-refractivity contribution in [3.63, 3.8) is 0 Å². The van der Waals surface area contributed by atoms with E-state index in [0.29, 0.717) is 18.2 Å². The lowest BCUT2D eigenvalue weighted by atomic mass is 10.4. The Morgan fingerprint density at radius 3 is 2.89 bits per heavy atom. The number of likely N-dealkylation sites (N-methyl/N-ethyl adjacent to an activating group) is 1. The third-order valence-electron chi connectivity index (χ3n) is 2.93. The number of ether oxygens (including phenoxy) is 1. The third kappa shape index (κ3) is 2.88. The standard InChI is InChI=1S/C12H17N3O3/c1-3-18-12(17)9-6-13-15(7-9)8-11(16)14(2)10-4-5-10/h6-7,10H,3-5,8H2,1-2H3. The Morgan fingerprint density at radius 2 is 2.28 bits per heavy atom. The van der Waals surface area contributed by atoms with Gasteiger partial charge in [0.25, 0.3) is 0 Å². The van der Waals surface area contributed by atoms with Crippen molar-refractivity contribution in [2.45, 2.75) is 32.4 Å². The summed E-state index contributed by atoms with van der Waals surface area (Å²) in [6.45, 7) is 2.23. The molecule has 0 aliphatic heterocycles. The molecule has 1 saturated carbocycles. The fourth-order valence-electron chi connectivity index (χ4n) is 1.69. The summed E-state index contributed by atoms with van der Waals surface area (Å²) in [5.74, 6) is -0.400. The van der Waals surface area contributed by atoms with Crippen LogP contribution < -0.4 is 0 Å². The summed E-state index contributed by atoms with van der Waals surface area (Å²) < 4.78 is 6.32. The second-order valence-electron chi connectivity index (χ2n) is 4.38. The summed E-state index contributed by atoms with van der Waals surface area (Å²) in [4.78, 5) is 25.0. The minimum absolute atomic E-state index is 0.0102. The van der Waals surface area contributed by atoms with Gasteiger partial charge in [-0.25, -0.2) is 4.79 Å². The molecule has 1 amide bonds. The molecule has 0 radical (unpaired) electrons. The van der Waals surface area contributed by atoms with E-state index in [9.17, 15) is 9.59 Å². The molecule has 98 valence electrons. The zero-order valence-electron chi connectivity index (χ0n) is 10.6. The maximum Gasteiger partial charge on any atom is 0.341 e. The Kier molecular flexibility index (Phi) is 3.64. The maximum absolute atomic E-state index is 11.8. The monoisotopic (exact) mass is 251 g/mol. The van der Waals surface area contributed by atoms with E-state index in [-0.39, 0.29) is 12.5 Å². The minimum Gasteiger partial charge on any atom is -0.462 e. The van der Waals surface area contributed by atoms with Crippen LogP contribution in [0.25, 0.3) is 0 Å². The molecule has 6 nitrogen and oxygen atoms in total. The van der Waals surface area contributed by atoms with Crippen LogP contribution in [0.5, 0.6) is 0 Å². The number of hydrogen-bond donors (Lipinski definition) is 0. The Labute approximate surface area is 106 Å². The van der Waals surface area contributed by atoms with Crippen molar-refractivity contribution >= 4 is 11.9 Å². The highest BCUT2D eigenvalue weighted by molar-refractivity contribution is 5.88. The molecule has 0 spiro atoms. The molecule has 0 atom stereocenters. The molecule has 18 heavy (non-hydrogen) atoms. The summed E-state index contributed by atoms with van der Waals surface area (Å²) in [6, 6.07) is 0.387. The van der Waals surface area contributed by atoms with Gasteiger partial charge in [0, 0.05) is 19.3 Å². The van der Waals surface area contributed by atoms with Crippen LogP contribution in [0.2, 0.25) is 0 Å². The summed E-state index contributed by atoms with van der Waals surface area (Å²) in [5, 5.41) is 3.99. The van der Waals surface area contributed by atoms with Crippen LogP contribution in [0.1, 0.15) is 30.1 Å².